The van der Waals surface area contributed by atoms with Crippen LogP contribution in [0.25, 0.3) is 10.8 Å². The minimum absolute atomic E-state index is 0.199. The van der Waals surface area contributed by atoms with Crippen LogP contribution >= 0.6 is 0 Å². The molecular formula is C19H15NO3. The van der Waals surface area contributed by atoms with E-state index >= 15 is 0 Å². The lowest BCUT2D eigenvalue weighted by Gasteiger charge is -2.05. The molecule has 0 aromatic heterocycles. The zero-order chi connectivity index (χ0) is 16.1. The van der Waals surface area contributed by atoms with Crippen molar-refractivity contribution in [2.24, 2.45) is 5.16 Å². The Morgan fingerprint density at radius 2 is 1.74 bits per heavy atom. The Hall–Kier alpha value is -3.14. The summed E-state index contributed by atoms with van der Waals surface area (Å²) in [6.45, 7) is 0.326. The smallest absolute Gasteiger partial charge is 0.336 e. The Morgan fingerprint density at radius 3 is 2.61 bits per heavy atom. The number of benzene rings is 3. The van der Waals surface area contributed by atoms with Crippen molar-refractivity contribution in [2.45, 2.75) is 6.61 Å². The minimum atomic E-state index is -0.985. The van der Waals surface area contributed by atoms with Gasteiger partial charge in [-0.25, -0.2) is 4.79 Å². The third-order valence-electron chi connectivity index (χ3n) is 3.56. The maximum atomic E-state index is 11.1. The van der Waals surface area contributed by atoms with E-state index in [-0.39, 0.29) is 5.56 Å². The maximum absolute atomic E-state index is 11.1. The van der Waals surface area contributed by atoms with Gasteiger partial charge in [0.15, 0.2) is 0 Å². The number of carbonyl (C=O) groups is 1. The first kappa shape index (κ1) is 14.8. The molecule has 0 aliphatic rings. The van der Waals surface area contributed by atoms with E-state index in [4.69, 9.17) is 9.94 Å². The highest BCUT2D eigenvalue weighted by molar-refractivity contribution is 5.98. The topological polar surface area (TPSA) is 58.9 Å². The van der Waals surface area contributed by atoms with E-state index < -0.39 is 5.97 Å². The molecule has 0 saturated heterocycles. The van der Waals surface area contributed by atoms with Gasteiger partial charge in [-0.15, -0.1) is 0 Å². The van der Waals surface area contributed by atoms with Crippen LogP contribution in [-0.4, -0.2) is 17.3 Å². The van der Waals surface area contributed by atoms with E-state index in [0.717, 1.165) is 16.3 Å². The SMILES string of the molecule is O=C(O)c1ccccc1/C=N/OCc1cccc2ccccc12. The van der Waals surface area contributed by atoms with Crippen LogP contribution in [0.5, 0.6) is 0 Å². The molecular weight excluding hydrogens is 290 g/mol. The van der Waals surface area contributed by atoms with Crippen LogP contribution < -0.4 is 0 Å². The summed E-state index contributed by atoms with van der Waals surface area (Å²) in [5, 5.41) is 15.3. The van der Waals surface area contributed by atoms with Crippen LogP contribution in [-0.2, 0) is 11.4 Å². The lowest BCUT2D eigenvalue weighted by atomic mass is 10.1. The Balaban J connectivity index is 1.73. The fraction of sp³-hybridized carbons (Fsp3) is 0.0526. The molecule has 3 aromatic carbocycles. The van der Waals surface area contributed by atoms with Gasteiger partial charge >= 0.3 is 5.97 Å². The second kappa shape index (κ2) is 6.75. The van der Waals surface area contributed by atoms with E-state index in [1.54, 1.807) is 18.2 Å². The number of aromatic carboxylic acids is 1. The fourth-order valence-corrected chi connectivity index (χ4v) is 2.42. The van der Waals surface area contributed by atoms with Gasteiger partial charge < -0.3 is 9.94 Å². The summed E-state index contributed by atoms with van der Waals surface area (Å²) >= 11 is 0. The number of oxime groups is 1. The van der Waals surface area contributed by atoms with Crippen molar-refractivity contribution in [3.8, 4) is 0 Å². The van der Waals surface area contributed by atoms with E-state index in [0.29, 0.717) is 12.2 Å². The quantitative estimate of drug-likeness (QED) is 0.570. The van der Waals surface area contributed by atoms with Gasteiger partial charge in [0, 0.05) is 5.56 Å². The number of carboxylic acid groups (broad SMARTS) is 1. The number of rotatable bonds is 5. The molecule has 0 spiro atoms. The molecule has 0 saturated carbocycles. The molecule has 0 atom stereocenters. The Morgan fingerprint density at radius 1 is 1.00 bits per heavy atom. The molecule has 4 heteroatoms. The summed E-state index contributed by atoms with van der Waals surface area (Å²) in [4.78, 5) is 16.5. The summed E-state index contributed by atoms with van der Waals surface area (Å²) in [5.41, 5.74) is 1.75. The van der Waals surface area contributed by atoms with Crippen LogP contribution in [0.1, 0.15) is 21.5 Å². The van der Waals surface area contributed by atoms with Gasteiger partial charge in [-0.05, 0) is 22.4 Å². The Bertz CT molecular complexity index is 866. The van der Waals surface area contributed by atoms with Crippen molar-refractivity contribution in [3.05, 3.63) is 83.4 Å². The predicted octanol–water partition coefficient (Wildman–Crippen LogP) is 4.09. The second-order valence-electron chi connectivity index (χ2n) is 5.04. The van der Waals surface area contributed by atoms with Gasteiger partial charge in [0.1, 0.15) is 6.61 Å². The van der Waals surface area contributed by atoms with E-state index in [1.807, 2.05) is 42.5 Å². The van der Waals surface area contributed by atoms with Crippen molar-refractivity contribution < 1.29 is 14.7 Å². The molecule has 0 aliphatic heterocycles. The van der Waals surface area contributed by atoms with Crippen LogP contribution in [0.2, 0.25) is 0 Å². The van der Waals surface area contributed by atoms with Gasteiger partial charge in [0.2, 0.25) is 0 Å². The average molecular weight is 305 g/mol. The molecule has 0 heterocycles. The second-order valence-corrected chi connectivity index (χ2v) is 5.04. The summed E-state index contributed by atoms with van der Waals surface area (Å²) in [5.74, 6) is -0.985. The fourth-order valence-electron chi connectivity index (χ4n) is 2.42. The molecule has 23 heavy (non-hydrogen) atoms. The van der Waals surface area contributed by atoms with Gasteiger partial charge in [-0.3, -0.25) is 0 Å². The lowest BCUT2D eigenvalue weighted by Crippen LogP contribution is -2.01. The third-order valence-corrected chi connectivity index (χ3v) is 3.56. The monoisotopic (exact) mass is 305 g/mol. The standard InChI is InChI=1S/C19H15NO3/c21-19(22)18-11-4-2-7-15(18)12-20-23-13-16-9-5-8-14-6-1-3-10-17(14)16/h1-12H,13H2,(H,21,22)/b20-12+. The maximum Gasteiger partial charge on any atom is 0.336 e. The van der Waals surface area contributed by atoms with Crippen LogP contribution in [0.3, 0.4) is 0 Å². The van der Waals surface area contributed by atoms with E-state index in [1.165, 1.54) is 12.3 Å². The van der Waals surface area contributed by atoms with E-state index in [2.05, 4.69) is 5.16 Å². The van der Waals surface area contributed by atoms with E-state index in [9.17, 15) is 4.79 Å². The third kappa shape index (κ3) is 3.37. The van der Waals surface area contributed by atoms with Gasteiger partial charge in [-0.2, -0.15) is 0 Å². The van der Waals surface area contributed by atoms with Gasteiger partial charge in [-0.1, -0.05) is 65.8 Å². The largest absolute Gasteiger partial charge is 0.478 e. The van der Waals surface area contributed by atoms with Crippen LogP contribution in [0.15, 0.2) is 71.9 Å². The Kier molecular flexibility index (Phi) is 4.34. The highest BCUT2D eigenvalue weighted by Gasteiger charge is 2.06. The highest BCUT2D eigenvalue weighted by atomic mass is 16.6. The number of hydrogen-bond donors (Lipinski definition) is 1. The van der Waals surface area contributed by atoms with Crippen molar-refractivity contribution in [1.82, 2.24) is 0 Å². The normalized spacial score (nSPS) is 11.0. The molecule has 114 valence electrons. The van der Waals surface area contributed by atoms with Crippen molar-refractivity contribution in [3.63, 3.8) is 0 Å². The van der Waals surface area contributed by atoms with Gasteiger partial charge in [0.05, 0.1) is 11.8 Å². The Labute approximate surface area is 133 Å². The predicted molar refractivity (Wildman–Crippen MR) is 89.7 cm³/mol. The summed E-state index contributed by atoms with van der Waals surface area (Å²) in [6.07, 6.45) is 1.43. The molecule has 0 unspecified atom stereocenters. The first-order valence-corrected chi connectivity index (χ1v) is 7.20. The van der Waals surface area contributed by atoms with Crippen molar-refractivity contribution in [2.75, 3.05) is 0 Å². The van der Waals surface area contributed by atoms with Crippen LogP contribution in [0.4, 0.5) is 0 Å². The molecule has 0 amide bonds. The van der Waals surface area contributed by atoms with Gasteiger partial charge in [0.25, 0.3) is 0 Å². The first-order valence-electron chi connectivity index (χ1n) is 7.20. The number of carboxylic acids is 1. The molecule has 1 N–H and O–H groups in total. The zero-order valence-electron chi connectivity index (χ0n) is 12.3. The average Bonchev–Trinajstić information content (AvgIpc) is 2.59. The molecule has 0 bridgehead atoms. The number of hydrogen-bond acceptors (Lipinski definition) is 3. The molecule has 3 aromatic rings. The van der Waals surface area contributed by atoms with Crippen molar-refractivity contribution >= 4 is 23.0 Å². The highest BCUT2D eigenvalue weighted by Crippen LogP contribution is 2.19. The minimum Gasteiger partial charge on any atom is -0.478 e. The molecule has 0 fully saturated rings. The molecule has 3 rings (SSSR count). The summed E-state index contributed by atoms with van der Waals surface area (Å²) < 4.78 is 0. The lowest BCUT2D eigenvalue weighted by molar-refractivity contribution is 0.0696. The van der Waals surface area contributed by atoms with Crippen LogP contribution in [0, 0.1) is 0 Å². The summed E-state index contributed by atoms with van der Waals surface area (Å²) in [7, 11) is 0. The summed E-state index contributed by atoms with van der Waals surface area (Å²) in [6, 6.07) is 20.7. The van der Waals surface area contributed by atoms with Crippen molar-refractivity contribution in [1.29, 1.82) is 0 Å². The molecule has 0 radical (unpaired) electrons. The molecule has 0 aliphatic carbocycles. The number of fused-ring (bicyclic) bond motifs is 1. The zero-order valence-corrected chi connectivity index (χ0v) is 12.3. The molecule has 4 nitrogen and oxygen atoms in total. The number of nitrogens with zero attached hydrogens (tertiary/aromatic N) is 1. The first-order chi connectivity index (χ1) is 11.3.